The highest BCUT2D eigenvalue weighted by Gasteiger charge is 2.18. The maximum atomic E-state index is 12.7. The average Bonchev–Trinajstić information content (AvgIpc) is 2.51. The number of hydrogen-bond acceptors (Lipinski definition) is 2. The van der Waals surface area contributed by atoms with E-state index in [0.717, 1.165) is 5.56 Å². The Morgan fingerprint density at radius 2 is 1.57 bits per heavy atom. The molecule has 0 aliphatic rings. The van der Waals surface area contributed by atoms with Crippen molar-refractivity contribution in [2.45, 2.75) is 11.8 Å². The number of hydrogen-bond donors (Lipinski definition) is 1. The number of nitrogens with one attached hydrogen (secondary N) is 1. The molecule has 3 aromatic rings. The standard InChI is InChI=1S/C17H13Cl2NO2S/c1-11-6-7-12(10-16(11)19)20-23(21,22)17-9-8-15(18)13-4-2-3-5-14(13)17/h2-10,20H,1H3. The van der Waals surface area contributed by atoms with Gasteiger partial charge in [0.25, 0.3) is 10.0 Å². The molecule has 3 nitrogen and oxygen atoms in total. The molecular formula is C17H13Cl2NO2S. The second kappa shape index (κ2) is 6.04. The highest BCUT2D eigenvalue weighted by molar-refractivity contribution is 7.93. The van der Waals surface area contributed by atoms with E-state index < -0.39 is 10.0 Å². The number of fused-ring (bicyclic) bond motifs is 1. The Labute approximate surface area is 144 Å². The molecule has 0 amide bonds. The molecule has 0 saturated heterocycles. The van der Waals surface area contributed by atoms with Crippen LogP contribution < -0.4 is 4.72 Å². The van der Waals surface area contributed by atoms with Gasteiger partial charge in [0.1, 0.15) is 0 Å². The number of halogens is 2. The van der Waals surface area contributed by atoms with Gasteiger partial charge in [-0.15, -0.1) is 0 Å². The molecule has 0 atom stereocenters. The largest absolute Gasteiger partial charge is 0.280 e. The van der Waals surface area contributed by atoms with Crippen molar-refractivity contribution in [3.63, 3.8) is 0 Å². The first-order valence-corrected chi connectivity index (χ1v) is 9.08. The van der Waals surface area contributed by atoms with E-state index in [2.05, 4.69) is 4.72 Å². The highest BCUT2D eigenvalue weighted by Crippen LogP contribution is 2.30. The van der Waals surface area contributed by atoms with Crippen LogP contribution in [-0.4, -0.2) is 8.42 Å². The quantitative estimate of drug-likeness (QED) is 0.688. The van der Waals surface area contributed by atoms with Gasteiger partial charge >= 0.3 is 0 Å². The Bertz CT molecular complexity index is 1000. The minimum Gasteiger partial charge on any atom is -0.280 e. The summed E-state index contributed by atoms with van der Waals surface area (Å²) in [5.41, 5.74) is 1.30. The monoisotopic (exact) mass is 365 g/mol. The molecule has 0 aliphatic heterocycles. The van der Waals surface area contributed by atoms with Crippen LogP contribution in [0.4, 0.5) is 5.69 Å². The van der Waals surface area contributed by atoms with Gasteiger partial charge in [-0.05, 0) is 36.8 Å². The van der Waals surface area contributed by atoms with Crippen molar-refractivity contribution >= 4 is 49.7 Å². The van der Waals surface area contributed by atoms with E-state index in [1.54, 1.807) is 42.5 Å². The lowest BCUT2D eigenvalue weighted by Crippen LogP contribution is -2.13. The molecule has 0 unspecified atom stereocenters. The second-order valence-electron chi connectivity index (χ2n) is 5.16. The van der Waals surface area contributed by atoms with E-state index in [1.807, 2.05) is 13.0 Å². The second-order valence-corrected chi connectivity index (χ2v) is 7.63. The Morgan fingerprint density at radius 1 is 0.870 bits per heavy atom. The molecule has 0 fully saturated rings. The van der Waals surface area contributed by atoms with Crippen LogP contribution in [0.1, 0.15) is 5.56 Å². The minimum absolute atomic E-state index is 0.175. The topological polar surface area (TPSA) is 46.2 Å². The van der Waals surface area contributed by atoms with Crippen LogP contribution in [0, 0.1) is 6.92 Å². The third kappa shape index (κ3) is 3.15. The summed E-state index contributed by atoms with van der Waals surface area (Å²) in [6, 6.07) is 15.2. The first-order valence-electron chi connectivity index (χ1n) is 6.85. The van der Waals surface area contributed by atoms with Crippen LogP contribution in [0.3, 0.4) is 0 Å². The summed E-state index contributed by atoms with van der Waals surface area (Å²) in [5.74, 6) is 0. The van der Waals surface area contributed by atoms with Crippen LogP contribution in [0.25, 0.3) is 10.8 Å². The third-order valence-corrected chi connectivity index (χ3v) is 5.72. The summed E-state index contributed by atoms with van der Waals surface area (Å²) in [4.78, 5) is 0.175. The Balaban J connectivity index is 2.10. The van der Waals surface area contributed by atoms with E-state index in [-0.39, 0.29) is 4.90 Å². The van der Waals surface area contributed by atoms with Crippen LogP contribution in [0.15, 0.2) is 59.5 Å². The van der Waals surface area contributed by atoms with Crippen LogP contribution in [0.2, 0.25) is 10.0 Å². The van der Waals surface area contributed by atoms with Crippen molar-refractivity contribution in [3.8, 4) is 0 Å². The van der Waals surface area contributed by atoms with Gasteiger partial charge in [0.15, 0.2) is 0 Å². The number of benzene rings is 3. The Kier molecular flexibility index (Phi) is 4.23. The number of sulfonamides is 1. The number of rotatable bonds is 3. The zero-order valence-electron chi connectivity index (χ0n) is 12.2. The summed E-state index contributed by atoms with van der Waals surface area (Å²) in [7, 11) is -3.75. The molecule has 0 aromatic heterocycles. The van der Waals surface area contributed by atoms with Crippen molar-refractivity contribution in [1.29, 1.82) is 0 Å². The molecule has 0 saturated carbocycles. The van der Waals surface area contributed by atoms with Gasteiger partial charge in [0.2, 0.25) is 0 Å². The summed E-state index contributed by atoms with van der Waals surface area (Å²) in [5, 5.41) is 2.29. The smallest absolute Gasteiger partial charge is 0.262 e. The fraction of sp³-hybridized carbons (Fsp3) is 0.0588. The molecule has 0 heterocycles. The van der Waals surface area contributed by atoms with Gasteiger partial charge in [0, 0.05) is 20.8 Å². The molecule has 3 aromatic carbocycles. The van der Waals surface area contributed by atoms with Crippen molar-refractivity contribution in [1.82, 2.24) is 0 Å². The van der Waals surface area contributed by atoms with E-state index in [4.69, 9.17) is 23.2 Å². The van der Waals surface area contributed by atoms with Crippen molar-refractivity contribution in [2.24, 2.45) is 0 Å². The minimum atomic E-state index is -3.75. The molecule has 6 heteroatoms. The van der Waals surface area contributed by atoms with Crippen LogP contribution in [0.5, 0.6) is 0 Å². The van der Waals surface area contributed by atoms with Gasteiger partial charge in [-0.3, -0.25) is 4.72 Å². The Morgan fingerprint density at radius 3 is 2.26 bits per heavy atom. The first kappa shape index (κ1) is 16.1. The summed E-state index contributed by atoms with van der Waals surface area (Å²) in [6.45, 7) is 1.85. The lowest BCUT2D eigenvalue weighted by Gasteiger charge is -2.12. The van der Waals surface area contributed by atoms with Crippen molar-refractivity contribution in [2.75, 3.05) is 4.72 Å². The van der Waals surface area contributed by atoms with Crippen molar-refractivity contribution < 1.29 is 8.42 Å². The van der Waals surface area contributed by atoms with E-state index in [9.17, 15) is 8.42 Å². The average molecular weight is 366 g/mol. The maximum absolute atomic E-state index is 12.7. The summed E-state index contributed by atoms with van der Waals surface area (Å²) < 4.78 is 28.0. The lowest BCUT2D eigenvalue weighted by molar-refractivity contribution is 0.602. The van der Waals surface area contributed by atoms with Gasteiger partial charge in [-0.1, -0.05) is 53.5 Å². The zero-order chi connectivity index (χ0) is 16.6. The molecular weight excluding hydrogens is 353 g/mol. The summed E-state index contributed by atoms with van der Waals surface area (Å²) in [6.07, 6.45) is 0. The fourth-order valence-electron chi connectivity index (χ4n) is 2.34. The molecule has 0 aliphatic carbocycles. The van der Waals surface area contributed by atoms with Crippen molar-refractivity contribution in [3.05, 3.63) is 70.2 Å². The normalized spacial score (nSPS) is 11.6. The molecule has 1 N–H and O–H groups in total. The molecule has 0 bridgehead atoms. The Hall–Kier alpha value is -1.75. The van der Waals surface area contributed by atoms with E-state index in [1.165, 1.54) is 6.07 Å². The highest BCUT2D eigenvalue weighted by atomic mass is 35.5. The van der Waals surface area contributed by atoms with Gasteiger partial charge in [-0.25, -0.2) is 8.42 Å². The fourth-order valence-corrected chi connectivity index (χ4v) is 4.01. The van der Waals surface area contributed by atoms with E-state index >= 15 is 0 Å². The molecule has 118 valence electrons. The van der Waals surface area contributed by atoms with Gasteiger partial charge < -0.3 is 0 Å². The third-order valence-electron chi connectivity index (χ3n) is 3.54. The molecule has 0 spiro atoms. The number of aryl methyl sites for hydroxylation is 1. The predicted molar refractivity (Wildman–Crippen MR) is 96.0 cm³/mol. The molecule has 0 radical (unpaired) electrons. The van der Waals surface area contributed by atoms with Gasteiger partial charge in [-0.2, -0.15) is 0 Å². The summed E-state index contributed by atoms with van der Waals surface area (Å²) >= 11 is 12.2. The zero-order valence-corrected chi connectivity index (χ0v) is 14.5. The van der Waals surface area contributed by atoms with E-state index in [0.29, 0.717) is 26.5 Å². The molecule has 23 heavy (non-hydrogen) atoms. The molecule has 3 rings (SSSR count). The first-order chi connectivity index (χ1) is 10.9. The van der Waals surface area contributed by atoms with Crippen LogP contribution in [-0.2, 0) is 10.0 Å². The number of anilines is 1. The SMILES string of the molecule is Cc1ccc(NS(=O)(=O)c2ccc(Cl)c3ccccc23)cc1Cl. The van der Waals surface area contributed by atoms with Gasteiger partial charge in [0.05, 0.1) is 10.6 Å². The lowest BCUT2D eigenvalue weighted by atomic mass is 10.1. The predicted octanol–water partition coefficient (Wildman–Crippen LogP) is 5.26. The van der Waals surface area contributed by atoms with Crippen LogP contribution >= 0.6 is 23.2 Å². The maximum Gasteiger partial charge on any atom is 0.262 e.